The smallest absolute Gasteiger partial charge is 0.190 e. The first-order valence-electron chi connectivity index (χ1n) is 10.3. The van der Waals surface area contributed by atoms with Crippen LogP contribution in [0.4, 0.5) is 0 Å². The summed E-state index contributed by atoms with van der Waals surface area (Å²) in [7, 11) is 0. The number of hydrogen-bond donors (Lipinski definition) is 0. The zero-order valence-electron chi connectivity index (χ0n) is 18.0. The van der Waals surface area contributed by atoms with Crippen LogP contribution in [0.15, 0.2) is 24.3 Å². The molecule has 0 aromatic heterocycles. The maximum absolute atomic E-state index is 6.16. The van der Waals surface area contributed by atoms with Gasteiger partial charge in [0, 0.05) is 0 Å². The summed E-state index contributed by atoms with van der Waals surface area (Å²) in [6.45, 7) is 12.4. The molecule has 0 aliphatic carbocycles. The predicted octanol–water partition coefficient (Wildman–Crippen LogP) is 3.39. The Kier molecular flexibility index (Phi) is 5.65. The second kappa shape index (κ2) is 7.80. The molecule has 1 aromatic rings. The molecule has 3 fully saturated rings. The Bertz CT molecular complexity index is 700. The van der Waals surface area contributed by atoms with Gasteiger partial charge in [0.25, 0.3) is 0 Å². The Morgan fingerprint density at radius 1 is 0.862 bits per heavy atom. The minimum absolute atomic E-state index is 0.155. The van der Waals surface area contributed by atoms with Crippen LogP contribution in [0.5, 0.6) is 5.75 Å². The van der Waals surface area contributed by atoms with Gasteiger partial charge in [0.2, 0.25) is 0 Å². The second-order valence-electron chi connectivity index (χ2n) is 9.03. The minimum Gasteiger partial charge on any atom is -0.491 e. The van der Waals surface area contributed by atoms with E-state index < -0.39 is 17.9 Å². The molecule has 3 aliphatic rings. The Labute approximate surface area is 172 Å². The van der Waals surface area contributed by atoms with E-state index in [-0.39, 0.29) is 30.5 Å². The molecule has 3 saturated heterocycles. The van der Waals surface area contributed by atoms with Crippen molar-refractivity contribution >= 4 is 0 Å². The van der Waals surface area contributed by atoms with Crippen molar-refractivity contribution in [3.8, 4) is 5.75 Å². The van der Waals surface area contributed by atoms with Gasteiger partial charge in [-0.3, -0.25) is 0 Å². The summed E-state index contributed by atoms with van der Waals surface area (Å²) in [5, 5.41) is 0. The van der Waals surface area contributed by atoms with Crippen LogP contribution in [0.2, 0.25) is 0 Å². The summed E-state index contributed by atoms with van der Waals surface area (Å²) in [4.78, 5) is 0. The zero-order valence-corrected chi connectivity index (χ0v) is 18.0. The van der Waals surface area contributed by atoms with Crippen LogP contribution >= 0.6 is 0 Å². The number of benzene rings is 1. The highest BCUT2D eigenvalue weighted by molar-refractivity contribution is 5.27. The highest BCUT2D eigenvalue weighted by Crippen LogP contribution is 2.44. The molecule has 0 radical (unpaired) electrons. The van der Waals surface area contributed by atoms with Crippen molar-refractivity contribution in [1.29, 1.82) is 0 Å². The minimum atomic E-state index is -0.717. The molecule has 0 saturated carbocycles. The number of fused-ring (bicyclic) bond motifs is 3. The van der Waals surface area contributed by atoms with Crippen molar-refractivity contribution in [2.45, 2.75) is 96.5 Å². The quantitative estimate of drug-likeness (QED) is 0.715. The lowest BCUT2D eigenvalue weighted by atomic mass is 9.99. The molecular weight excluding hydrogens is 376 g/mol. The first-order chi connectivity index (χ1) is 13.6. The molecule has 5 atom stereocenters. The third-order valence-corrected chi connectivity index (χ3v) is 5.10. The normalized spacial score (nSPS) is 34.8. The molecule has 162 valence electrons. The Balaban J connectivity index is 1.37. The van der Waals surface area contributed by atoms with Gasteiger partial charge < -0.3 is 33.2 Å². The van der Waals surface area contributed by atoms with Crippen LogP contribution < -0.4 is 4.74 Å². The first-order valence-corrected chi connectivity index (χ1v) is 10.3. The van der Waals surface area contributed by atoms with Crippen LogP contribution in [0.1, 0.15) is 47.1 Å². The molecule has 1 aromatic carbocycles. The van der Waals surface area contributed by atoms with E-state index in [2.05, 4.69) is 0 Å². The summed E-state index contributed by atoms with van der Waals surface area (Å²) in [5.74, 6) is -0.562. The van der Waals surface area contributed by atoms with Crippen LogP contribution in [0, 0.1) is 0 Å². The van der Waals surface area contributed by atoms with Gasteiger partial charge in [-0.1, -0.05) is 12.1 Å². The number of rotatable bonds is 6. The molecule has 3 heterocycles. The fourth-order valence-corrected chi connectivity index (χ4v) is 4.06. The fraction of sp³-hybridized carbons (Fsp3) is 0.727. The molecule has 7 heteroatoms. The average Bonchev–Trinajstić information content (AvgIpc) is 3.10. The van der Waals surface area contributed by atoms with E-state index in [1.165, 1.54) is 0 Å². The molecule has 3 aliphatic heterocycles. The number of hydrogen-bond acceptors (Lipinski definition) is 7. The van der Waals surface area contributed by atoms with Crippen molar-refractivity contribution in [3.63, 3.8) is 0 Å². The monoisotopic (exact) mass is 408 g/mol. The average molecular weight is 408 g/mol. The molecule has 4 rings (SSSR count). The SMILES string of the molecule is CC(C)Oc1ccc(COCC2OC3OC(C)(C)OC3C3OC(C)(C)OC23)cc1. The van der Waals surface area contributed by atoms with Gasteiger partial charge in [0.15, 0.2) is 17.9 Å². The fourth-order valence-electron chi connectivity index (χ4n) is 4.06. The highest BCUT2D eigenvalue weighted by atomic mass is 16.9. The van der Waals surface area contributed by atoms with E-state index in [1.807, 2.05) is 65.8 Å². The molecule has 29 heavy (non-hydrogen) atoms. The molecular formula is C22H32O7. The van der Waals surface area contributed by atoms with E-state index in [0.717, 1.165) is 11.3 Å². The van der Waals surface area contributed by atoms with Gasteiger partial charge >= 0.3 is 0 Å². The van der Waals surface area contributed by atoms with Crippen molar-refractivity contribution in [3.05, 3.63) is 29.8 Å². The van der Waals surface area contributed by atoms with Crippen molar-refractivity contribution in [2.75, 3.05) is 6.61 Å². The summed E-state index contributed by atoms with van der Waals surface area (Å²) in [6.07, 6.45) is -1.49. The largest absolute Gasteiger partial charge is 0.491 e. The highest BCUT2D eigenvalue weighted by Gasteiger charge is 2.60. The molecule has 0 spiro atoms. The van der Waals surface area contributed by atoms with Gasteiger partial charge in [-0.2, -0.15) is 0 Å². The Morgan fingerprint density at radius 3 is 2.17 bits per heavy atom. The second-order valence-corrected chi connectivity index (χ2v) is 9.03. The van der Waals surface area contributed by atoms with Crippen LogP contribution in [-0.2, 0) is 35.0 Å². The maximum atomic E-state index is 6.16. The standard InChI is InChI=1S/C22H32O7/c1-13(2)24-15-9-7-14(8-10-15)11-23-12-16-17-18(27-21(3,4)26-17)19-20(25-16)29-22(5,6)28-19/h7-10,13,16-20H,11-12H2,1-6H3. The van der Waals surface area contributed by atoms with Gasteiger partial charge in [0.05, 0.1) is 19.3 Å². The van der Waals surface area contributed by atoms with E-state index in [9.17, 15) is 0 Å². The van der Waals surface area contributed by atoms with Gasteiger partial charge in [0.1, 0.15) is 30.2 Å². The van der Waals surface area contributed by atoms with E-state index in [1.54, 1.807) is 0 Å². The van der Waals surface area contributed by atoms with Crippen molar-refractivity contribution < 1.29 is 33.2 Å². The predicted molar refractivity (Wildman–Crippen MR) is 104 cm³/mol. The van der Waals surface area contributed by atoms with Crippen molar-refractivity contribution in [1.82, 2.24) is 0 Å². The van der Waals surface area contributed by atoms with Gasteiger partial charge in [-0.15, -0.1) is 0 Å². The molecule has 0 bridgehead atoms. The Hall–Kier alpha value is -1.22. The van der Waals surface area contributed by atoms with Crippen molar-refractivity contribution in [2.24, 2.45) is 0 Å². The maximum Gasteiger partial charge on any atom is 0.190 e. The summed E-state index contributed by atoms with van der Waals surface area (Å²) in [5.41, 5.74) is 1.07. The van der Waals surface area contributed by atoms with E-state index in [4.69, 9.17) is 33.2 Å². The van der Waals surface area contributed by atoms with E-state index in [0.29, 0.717) is 13.2 Å². The summed E-state index contributed by atoms with van der Waals surface area (Å²) >= 11 is 0. The third-order valence-electron chi connectivity index (χ3n) is 5.10. The summed E-state index contributed by atoms with van der Waals surface area (Å²) in [6, 6.07) is 7.93. The molecule has 7 nitrogen and oxygen atoms in total. The van der Waals surface area contributed by atoms with Crippen LogP contribution in [0.25, 0.3) is 0 Å². The zero-order chi connectivity index (χ0) is 20.8. The van der Waals surface area contributed by atoms with Gasteiger partial charge in [-0.05, 0) is 59.2 Å². The van der Waals surface area contributed by atoms with Gasteiger partial charge in [-0.25, -0.2) is 0 Å². The lowest BCUT2D eigenvalue weighted by Gasteiger charge is -2.37. The number of ether oxygens (including phenoxy) is 7. The lowest BCUT2D eigenvalue weighted by molar-refractivity contribution is -0.243. The Morgan fingerprint density at radius 2 is 1.48 bits per heavy atom. The third kappa shape index (κ3) is 4.76. The molecule has 5 unspecified atom stereocenters. The molecule has 0 N–H and O–H groups in total. The van der Waals surface area contributed by atoms with E-state index >= 15 is 0 Å². The first kappa shape index (κ1) is 21.0. The topological polar surface area (TPSA) is 64.6 Å². The lowest BCUT2D eigenvalue weighted by Crippen LogP contribution is -2.56. The summed E-state index contributed by atoms with van der Waals surface area (Å²) < 4.78 is 42.0. The van der Waals surface area contributed by atoms with Crippen LogP contribution in [-0.4, -0.2) is 55.0 Å². The van der Waals surface area contributed by atoms with Crippen LogP contribution in [0.3, 0.4) is 0 Å². The molecule has 0 amide bonds.